The Morgan fingerprint density at radius 2 is 1.94 bits per heavy atom. The highest BCUT2D eigenvalue weighted by Gasteiger charge is 2.25. The Balaban J connectivity index is 1.25. The summed E-state index contributed by atoms with van der Waals surface area (Å²) in [7, 11) is 0. The summed E-state index contributed by atoms with van der Waals surface area (Å²) in [5, 5.41) is 2.95. The Hall–Kier alpha value is -3.48. The summed E-state index contributed by atoms with van der Waals surface area (Å²) in [6, 6.07) is 11.4. The maximum absolute atomic E-state index is 13.1. The summed E-state index contributed by atoms with van der Waals surface area (Å²) in [5.74, 6) is 1.28. The number of H-pyrrole nitrogens is 1. The number of aromatic amines is 1. The molecule has 31 heavy (non-hydrogen) atoms. The number of benzene rings is 1. The van der Waals surface area contributed by atoms with E-state index < -0.39 is 0 Å². The number of carbonyl (C=O) groups excluding carboxylic acids is 2. The normalized spacial score (nSPS) is 14.4. The van der Waals surface area contributed by atoms with Crippen molar-refractivity contribution >= 4 is 11.8 Å². The lowest BCUT2D eigenvalue weighted by Crippen LogP contribution is -2.39. The smallest absolute Gasteiger partial charge is 0.254 e. The molecule has 0 bridgehead atoms. The van der Waals surface area contributed by atoms with Crippen molar-refractivity contribution in [1.82, 2.24) is 25.2 Å². The van der Waals surface area contributed by atoms with Gasteiger partial charge in [-0.1, -0.05) is 24.3 Å². The van der Waals surface area contributed by atoms with E-state index in [-0.39, 0.29) is 11.8 Å². The van der Waals surface area contributed by atoms with Gasteiger partial charge in [-0.2, -0.15) is 0 Å². The lowest BCUT2D eigenvalue weighted by atomic mass is 9.91. The minimum Gasteiger partial charge on any atom is -0.352 e. The predicted octanol–water partition coefficient (Wildman–Crippen LogP) is 3.42. The molecule has 3 aromatic rings. The molecule has 0 unspecified atom stereocenters. The number of nitrogens with zero attached hydrogens (tertiary/aromatic N) is 3. The summed E-state index contributed by atoms with van der Waals surface area (Å²) < 4.78 is 0. The standard InChI is InChI=1S/C24H27N5O2/c30-22(28-17-19-4-3-11-25-16-19)8-7-18-9-14-29(15-10-18)24(31)21-6-2-1-5-20(21)23-26-12-13-27-23/h1-6,11-13,16,18H,7-10,14-15,17H2,(H,26,27)(H,28,30). The molecule has 2 amide bonds. The molecule has 3 heterocycles. The Morgan fingerprint density at radius 1 is 1.10 bits per heavy atom. The zero-order chi connectivity index (χ0) is 21.5. The summed E-state index contributed by atoms with van der Waals surface area (Å²) in [6.07, 6.45) is 10.1. The van der Waals surface area contributed by atoms with Gasteiger partial charge in [0, 0.05) is 56.4 Å². The second-order valence-electron chi connectivity index (χ2n) is 7.90. The third-order valence-corrected chi connectivity index (χ3v) is 5.80. The van der Waals surface area contributed by atoms with Gasteiger partial charge in [-0.25, -0.2) is 4.98 Å². The number of piperidine rings is 1. The Kier molecular flexibility index (Phi) is 6.72. The van der Waals surface area contributed by atoms with E-state index in [9.17, 15) is 9.59 Å². The molecule has 0 radical (unpaired) electrons. The van der Waals surface area contributed by atoms with Crippen LogP contribution in [0.2, 0.25) is 0 Å². The van der Waals surface area contributed by atoms with E-state index in [2.05, 4.69) is 20.3 Å². The van der Waals surface area contributed by atoms with E-state index in [0.29, 0.717) is 43.4 Å². The van der Waals surface area contributed by atoms with Gasteiger partial charge in [0.25, 0.3) is 5.91 Å². The SMILES string of the molecule is O=C(CCC1CCN(C(=O)c2ccccc2-c2ncc[nH]2)CC1)NCc1cccnc1. The molecule has 1 aliphatic rings. The van der Waals surface area contributed by atoms with Crippen molar-refractivity contribution in [3.63, 3.8) is 0 Å². The summed E-state index contributed by atoms with van der Waals surface area (Å²) >= 11 is 0. The zero-order valence-corrected chi connectivity index (χ0v) is 17.5. The number of pyridine rings is 1. The molecule has 1 saturated heterocycles. The fourth-order valence-corrected chi connectivity index (χ4v) is 4.01. The number of rotatable bonds is 7. The van der Waals surface area contributed by atoms with Gasteiger partial charge in [-0.15, -0.1) is 0 Å². The Morgan fingerprint density at radius 3 is 2.68 bits per heavy atom. The van der Waals surface area contributed by atoms with Crippen LogP contribution in [0.1, 0.15) is 41.6 Å². The number of hydrogen-bond donors (Lipinski definition) is 2. The first-order chi connectivity index (χ1) is 15.2. The molecule has 0 saturated carbocycles. The van der Waals surface area contributed by atoms with Crippen LogP contribution in [0.5, 0.6) is 0 Å². The quantitative estimate of drug-likeness (QED) is 0.616. The maximum Gasteiger partial charge on any atom is 0.254 e. The molecule has 4 rings (SSSR count). The van der Waals surface area contributed by atoms with E-state index in [0.717, 1.165) is 30.4 Å². The van der Waals surface area contributed by atoms with Gasteiger partial charge in [0.1, 0.15) is 5.82 Å². The van der Waals surface area contributed by atoms with Crippen molar-refractivity contribution in [2.45, 2.75) is 32.2 Å². The van der Waals surface area contributed by atoms with E-state index >= 15 is 0 Å². The van der Waals surface area contributed by atoms with E-state index in [4.69, 9.17) is 0 Å². The third kappa shape index (κ3) is 5.36. The molecule has 160 valence electrons. The van der Waals surface area contributed by atoms with Crippen LogP contribution in [0.15, 0.2) is 61.2 Å². The minimum atomic E-state index is 0.0414. The van der Waals surface area contributed by atoms with Crippen LogP contribution in [0, 0.1) is 5.92 Å². The fourth-order valence-electron chi connectivity index (χ4n) is 4.01. The number of likely N-dealkylation sites (tertiary alicyclic amines) is 1. The van der Waals surface area contributed by atoms with Gasteiger partial charge in [-0.05, 0) is 42.9 Å². The van der Waals surface area contributed by atoms with Crippen molar-refractivity contribution in [2.24, 2.45) is 5.92 Å². The molecule has 0 atom stereocenters. The van der Waals surface area contributed by atoms with Gasteiger partial charge < -0.3 is 15.2 Å². The average Bonchev–Trinajstić information content (AvgIpc) is 3.37. The van der Waals surface area contributed by atoms with Crippen molar-refractivity contribution in [3.05, 3.63) is 72.3 Å². The van der Waals surface area contributed by atoms with Gasteiger partial charge >= 0.3 is 0 Å². The molecular formula is C24H27N5O2. The molecule has 0 aliphatic carbocycles. The number of carbonyl (C=O) groups is 2. The second kappa shape index (κ2) is 10.0. The topological polar surface area (TPSA) is 91.0 Å². The summed E-state index contributed by atoms with van der Waals surface area (Å²) in [4.78, 5) is 38.6. The van der Waals surface area contributed by atoms with Gasteiger partial charge in [-0.3, -0.25) is 14.6 Å². The Labute approximate surface area is 181 Å². The average molecular weight is 418 g/mol. The van der Waals surface area contributed by atoms with E-state index in [1.807, 2.05) is 41.3 Å². The molecule has 1 aromatic carbocycles. The molecule has 7 nitrogen and oxygen atoms in total. The molecule has 1 aliphatic heterocycles. The van der Waals surface area contributed by atoms with Crippen molar-refractivity contribution in [1.29, 1.82) is 0 Å². The first-order valence-electron chi connectivity index (χ1n) is 10.7. The van der Waals surface area contributed by atoms with Crippen LogP contribution in [0.4, 0.5) is 0 Å². The zero-order valence-electron chi connectivity index (χ0n) is 17.5. The highest BCUT2D eigenvalue weighted by atomic mass is 16.2. The van der Waals surface area contributed by atoms with Crippen LogP contribution in [-0.4, -0.2) is 44.8 Å². The lowest BCUT2D eigenvalue weighted by Gasteiger charge is -2.32. The molecule has 2 aromatic heterocycles. The van der Waals surface area contributed by atoms with Gasteiger partial charge in [0.05, 0.1) is 5.56 Å². The number of hydrogen-bond acceptors (Lipinski definition) is 4. The van der Waals surface area contributed by atoms with Crippen LogP contribution in [0.25, 0.3) is 11.4 Å². The lowest BCUT2D eigenvalue weighted by molar-refractivity contribution is -0.121. The van der Waals surface area contributed by atoms with Crippen LogP contribution in [-0.2, 0) is 11.3 Å². The molecule has 1 fully saturated rings. The molecule has 0 spiro atoms. The molecule has 2 N–H and O–H groups in total. The van der Waals surface area contributed by atoms with Crippen molar-refractivity contribution < 1.29 is 9.59 Å². The van der Waals surface area contributed by atoms with E-state index in [1.54, 1.807) is 24.8 Å². The first kappa shape index (κ1) is 20.8. The third-order valence-electron chi connectivity index (χ3n) is 5.80. The summed E-state index contributed by atoms with van der Waals surface area (Å²) in [6.45, 7) is 1.94. The molecular weight excluding hydrogens is 390 g/mol. The van der Waals surface area contributed by atoms with Crippen molar-refractivity contribution in [2.75, 3.05) is 13.1 Å². The maximum atomic E-state index is 13.1. The number of imidazole rings is 1. The van der Waals surface area contributed by atoms with Crippen molar-refractivity contribution in [3.8, 4) is 11.4 Å². The van der Waals surface area contributed by atoms with Crippen LogP contribution < -0.4 is 5.32 Å². The number of aromatic nitrogens is 3. The highest BCUT2D eigenvalue weighted by molar-refractivity contribution is 6.00. The fraction of sp³-hybridized carbons (Fsp3) is 0.333. The number of nitrogens with one attached hydrogen (secondary N) is 2. The van der Waals surface area contributed by atoms with E-state index in [1.165, 1.54) is 0 Å². The molecule has 7 heteroatoms. The number of amides is 2. The first-order valence-corrected chi connectivity index (χ1v) is 10.7. The van der Waals surface area contributed by atoms with Gasteiger partial charge in [0.2, 0.25) is 5.91 Å². The van der Waals surface area contributed by atoms with Crippen LogP contribution >= 0.6 is 0 Å². The highest BCUT2D eigenvalue weighted by Crippen LogP contribution is 2.26. The second-order valence-corrected chi connectivity index (χ2v) is 7.90. The largest absolute Gasteiger partial charge is 0.352 e. The Bertz CT molecular complexity index is 996. The monoisotopic (exact) mass is 417 g/mol. The minimum absolute atomic E-state index is 0.0414. The van der Waals surface area contributed by atoms with Gasteiger partial charge in [0.15, 0.2) is 0 Å². The summed E-state index contributed by atoms with van der Waals surface area (Å²) in [5.41, 5.74) is 2.49. The predicted molar refractivity (Wildman–Crippen MR) is 118 cm³/mol. The van der Waals surface area contributed by atoms with Crippen LogP contribution in [0.3, 0.4) is 0 Å².